The third-order valence-electron chi connectivity index (χ3n) is 3.24. The van der Waals surface area contributed by atoms with E-state index < -0.39 is 0 Å². The fourth-order valence-corrected chi connectivity index (χ4v) is 3.23. The lowest BCUT2D eigenvalue weighted by atomic mass is 10.0. The standard InChI is InChI=1S/C12H15Br2N3O/c13-8-2-1-3-9(14)11(8)16-7-12(4-5-12)6-10(15)17-18/h1-3,16,18H,4-7H2,(H2,15,17). The lowest BCUT2D eigenvalue weighted by Crippen LogP contribution is -2.23. The van der Waals surface area contributed by atoms with Crippen LogP contribution in [-0.2, 0) is 0 Å². The average molecular weight is 377 g/mol. The van der Waals surface area contributed by atoms with E-state index in [-0.39, 0.29) is 5.41 Å². The fraction of sp³-hybridized carbons (Fsp3) is 0.417. The molecule has 0 spiro atoms. The van der Waals surface area contributed by atoms with Gasteiger partial charge in [0.25, 0.3) is 0 Å². The van der Waals surface area contributed by atoms with Gasteiger partial charge < -0.3 is 16.3 Å². The molecule has 0 atom stereocenters. The zero-order valence-electron chi connectivity index (χ0n) is 9.79. The van der Waals surface area contributed by atoms with Crippen LogP contribution in [0.1, 0.15) is 19.3 Å². The van der Waals surface area contributed by atoms with Crippen LogP contribution in [0.15, 0.2) is 32.3 Å². The highest BCUT2D eigenvalue weighted by atomic mass is 79.9. The van der Waals surface area contributed by atoms with E-state index in [1.54, 1.807) is 0 Å². The summed E-state index contributed by atoms with van der Waals surface area (Å²) in [6, 6.07) is 5.97. The molecule has 6 heteroatoms. The van der Waals surface area contributed by atoms with Crippen molar-refractivity contribution < 1.29 is 5.21 Å². The number of anilines is 1. The van der Waals surface area contributed by atoms with Gasteiger partial charge in [-0.2, -0.15) is 0 Å². The molecule has 1 fully saturated rings. The van der Waals surface area contributed by atoms with Crippen LogP contribution < -0.4 is 11.1 Å². The Balaban J connectivity index is 2.00. The summed E-state index contributed by atoms with van der Waals surface area (Å²) in [6.45, 7) is 0.824. The molecule has 98 valence electrons. The molecular weight excluding hydrogens is 362 g/mol. The topological polar surface area (TPSA) is 70.6 Å². The van der Waals surface area contributed by atoms with Crippen LogP contribution in [-0.4, -0.2) is 17.6 Å². The van der Waals surface area contributed by atoms with E-state index in [4.69, 9.17) is 10.9 Å². The number of amidine groups is 1. The Morgan fingerprint density at radius 3 is 2.50 bits per heavy atom. The lowest BCUT2D eigenvalue weighted by molar-refractivity contribution is 0.315. The summed E-state index contributed by atoms with van der Waals surface area (Å²) in [4.78, 5) is 0. The van der Waals surface area contributed by atoms with Gasteiger partial charge in [0.15, 0.2) is 0 Å². The molecule has 0 unspecified atom stereocenters. The van der Waals surface area contributed by atoms with E-state index in [1.165, 1.54) is 0 Å². The van der Waals surface area contributed by atoms with Gasteiger partial charge >= 0.3 is 0 Å². The van der Waals surface area contributed by atoms with Gasteiger partial charge in [-0.25, -0.2) is 0 Å². The van der Waals surface area contributed by atoms with Crippen molar-refractivity contribution in [2.75, 3.05) is 11.9 Å². The van der Waals surface area contributed by atoms with Crippen molar-refractivity contribution in [1.82, 2.24) is 0 Å². The number of hydrogen-bond acceptors (Lipinski definition) is 3. The number of para-hydroxylation sites is 1. The maximum Gasteiger partial charge on any atom is 0.139 e. The van der Waals surface area contributed by atoms with Crippen molar-refractivity contribution in [3.63, 3.8) is 0 Å². The number of nitrogens with zero attached hydrogens (tertiary/aromatic N) is 1. The van der Waals surface area contributed by atoms with Crippen molar-refractivity contribution in [3.8, 4) is 0 Å². The minimum Gasteiger partial charge on any atom is -0.409 e. The Hall–Kier alpha value is -0.750. The molecule has 1 saturated carbocycles. The summed E-state index contributed by atoms with van der Waals surface area (Å²) in [6.07, 6.45) is 2.86. The molecule has 0 saturated heterocycles. The number of hydrogen-bond donors (Lipinski definition) is 3. The highest BCUT2D eigenvalue weighted by molar-refractivity contribution is 9.11. The molecule has 0 heterocycles. The van der Waals surface area contributed by atoms with E-state index in [9.17, 15) is 0 Å². The second kappa shape index (κ2) is 5.48. The number of benzene rings is 1. The third-order valence-corrected chi connectivity index (χ3v) is 4.57. The molecule has 1 aromatic carbocycles. The number of nitrogens with one attached hydrogen (secondary N) is 1. The maximum absolute atomic E-state index is 8.63. The fourth-order valence-electron chi connectivity index (χ4n) is 1.95. The molecular formula is C12H15Br2N3O. The molecule has 4 N–H and O–H groups in total. The van der Waals surface area contributed by atoms with E-state index in [2.05, 4.69) is 42.3 Å². The van der Waals surface area contributed by atoms with Gasteiger partial charge in [-0.05, 0) is 62.2 Å². The van der Waals surface area contributed by atoms with Crippen molar-refractivity contribution in [2.45, 2.75) is 19.3 Å². The van der Waals surface area contributed by atoms with Crippen LogP contribution in [0.2, 0.25) is 0 Å². The van der Waals surface area contributed by atoms with Crippen LogP contribution in [0, 0.1) is 5.41 Å². The summed E-state index contributed by atoms with van der Waals surface area (Å²) in [7, 11) is 0. The molecule has 1 aliphatic rings. The van der Waals surface area contributed by atoms with Gasteiger partial charge in [0.2, 0.25) is 0 Å². The van der Waals surface area contributed by atoms with Crippen LogP contribution in [0.4, 0.5) is 5.69 Å². The third kappa shape index (κ3) is 3.17. The zero-order valence-corrected chi connectivity index (χ0v) is 13.0. The molecule has 0 bridgehead atoms. The van der Waals surface area contributed by atoms with E-state index >= 15 is 0 Å². The van der Waals surface area contributed by atoms with Gasteiger partial charge in [-0.3, -0.25) is 0 Å². The summed E-state index contributed by atoms with van der Waals surface area (Å²) >= 11 is 7.04. The first-order valence-corrected chi connectivity index (χ1v) is 7.29. The minimum atomic E-state index is 0.144. The predicted molar refractivity (Wildman–Crippen MR) is 80.0 cm³/mol. The molecule has 2 rings (SSSR count). The summed E-state index contributed by atoms with van der Waals surface area (Å²) in [5.41, 5.74) is 6.77. The summed E-state index contributed by atoms with van der Waals surface area (Å²) in [5, 5.41) is 15.1. The monoisotopic (exact) mass is 375 g/mol. The molecule has 0 aromatic heterocycles. The highest BCUT2D eigenvalue weighted by Crippen LogP contribution is 2.49. The zero-order chi connectivity index (χ0) is 13.2. The molecule has 0 radical (unpaired) electrons. The number of nitrogens with two attached hydrogens (primary N) is 1. The first-order valence-electron chi connectivity index (χ1n) is 5.71. The Morgan fingerprint density at radius 2 is 2.00 bits per heavy atom. The largest absolute Gasteiger partial charge is 0.409 e. The van der Waals surface area contributed by atoms with Gasteiger partial charge in [0, 0.05) is 21.9 Å². The quantitative estimate of drug-likeness (QED) is 0.318. The highest BCUT2D eigenvalue weighted by Gasteiger charge is 2.43. The normalized spacial score (nSPS) is 17.6. The van der Waals surface area contributed by atoms with Crippen molar-refractivity contribution in [3.05, 3.63) is 27.1 Å². The Morgan fingerprint density at radius 1 is 1.39 bits per heavy atom. The molecule has 0 aliphatic heterocycles. The minimum absolute atomic E-state index is 0.144. The number of halogens is 2. The van der Waals surface area contributed by atoms with Gasteiger partial charge in [0.1, 0.15) is 5.84 Å². The van der Waals surface area contributed by atoms with Crippen molar-refractivity contribution >= 4 is 43.4 Å². The second-order valence-electron chi connectivity index (χ2n) is 4.72. The summed E-state index contributed by atoms with van der Waals surface area (Å²) in [5.74, 6) is 0.306. The van der Waals surface area contributed by atoms with Crippen LogP contribution in [0.3, 0.4) is 0 Å². The Kier molecular flexibility index (Phi) is 4.17. The SMILES string of the molecule is N/C(CC1(CNc2c(Br)cccc2Br)CC1)=N/O. The van der Waals surface area contributed by atoms with Crippen LogP contribution >= 0.6 is 31.9 Å². The number of oxime groups is 1. The van der Waals surface area contributed by atoms with E-state index in [0.717, 1.165) is 34.0 Å². The first-order chi connectivity index (χ1) is 8.56. The first kappa shape index (κ1) is 13.7. The van der Waals surface area contributed by atoms with E-state index in [1.807, 2.05) is 18.2 Å². The predicted octanol–water partition coefficient (Wildman–Crippen LogP) is 3.54. The lowest BCUT2D eigenvalue weighted by Gasteiger charge is -2.17. The average Bonchev–Trinajstić information content (AvgIpc) is 3.08. The van der Waals surface area contributed by atoms with Gasteiger partial charge in [-0.15, -0.1) is 0 Å². The van der Waals surface area contributed by atoms with Crippen LogP contribution in [0.5, 0.6) is 0 Å². The van der Waals surface area contributed by atoms with Crippen molar-refractivity contribution in [1.29, 1.82) is 0 Å². The molecule has 1 aliphatic carbocycles. The Bertz CT molecular complexity index is 452. The second-order valence-corrected chi connectivity index (χ2v) is 6.43. The van der Waals surface area contributed by atoms with Gasteiger partial charge in [-0.1, -0.05) is 11.2 Å². The molecule has 1 aromatic rings. The van der Waals surface area contributed by atoms with Gasteiger partial charge in [0.05, 0.1) is 5.69 Å². The molecule has 18 heavy (non-hydrogen) atoms. The van der Waals surface area contributed by atoms with E-state index in [0.29, 0.717) is 12.3 Å². The van der Waals surface area contributed by atoms with Crippen LogP contribution in [0.25, 0.3) is 0 Å². The smallest absolute Gasteiger partial charge is 0.139 e. The Labute approximate surface area is 123 Å². The van der Waals surface area contributed by atoms with Crippen molar-refractivity contribution in [2.24, 2.45) is 16.3 Å². The summed E-state index contributed by atoms with van der Waals surface area (Å²) < 4.78 is 2.05. The maximum atomic E-state index is 8.63. The molecule has 0 amide bonds. The molecule has 4 nitrogen and oxygen atoms in total. The number of rotatable bonds is 5.